The standard InChI is InChI=1S/C19H29NO5/c1-7-11-19(4,24-6)18(22)20-14-9-10-16(25-13(3)8-2)15(12-14)17(21)23-5/h9-10,12-13H,7-8,11H2,1-6H3,(H,20,22)/t13-,19+/m0/s1. The summed E-state index contributed by atoms with van der Waals surface area (Å²) < 4.78 is 16.0. The molecule has 1 aromatic carbocycles. The maximum atomic E-state index is 12.5. The Balaban J connectivity index is 3.09. The van der Waals surface area contributed by atoms with Crippen molar-refractivity contribution in [3.8, 4) is 5.75 Å². The van der Waals surface area contributed by atoms with Crippen LogP contribution in [-0.2, 0) is 14.3 Å². The molecule has 0 heterocycles. The van der Waals surface area contributed by atoms with Crippen LogP contribution in [0.3, 0.4) is 0 Å². The lowest BCUT2D eigenvalue weighted by molar-refractivity contribution is -0.136. The van der Waals surface area contributed by atoms with E-state index in [1.54, 1.807) is 25.1 Å². The Morgan fingerprint density at radius 3 is 2.44 bits per heavy atom. The molecule has 2 atom stereocenters. The first-order valence-electron chi connectivity index (χ1n) is 8.56. The lowest BCUT2D eigenvalue weighted by Gasteiger charge is -2.26. The van der Waals surface area contributed by atoms with Crippen molar-refractivity contribution in [3.05, 3.63) is 23.8 Å². The third kappa shape index (κ3) is 5.46. The van der Waals surface area contributed by atoms with E-state index in [2.05, 4.69) is 5.32 Å². The second-order valence-corrected chi connectivity index (χ2v) is 6.18. The van der Waals surface area contributed by atoms with Crippen LogP contribution in [0.15, 0.2) is 18.2 Å². The average Bonchev–Trinajstić information content (AvgIpc) is 2.61. The molecule has 25 heavy (non-hydrogen) atoms. The van der Waals surface area contributed by atoms with Crippen molar-refractivity contribution in [1.29, 1.82) is 0 Å². The van der Waals surface area contributed by atoms with Crippen molar-refractivity contribution in [2.45, 2.75) is 58.7 Å². The van der Waals surface area contributed by atoms with E-state index in [-0.39, 0.29) is 17.6 Å². The first-order valence-corrected chi connectivity index (χ1v) is 8.56. The number of amides is 1. The Hall–Kier alpha value is -2.08. The molecule has 140 valence electrons. The van der Waals surface area contributed by atoms with Gasteiger partial charge in [-0.05, 0) is 44.9 Å². The minimum atomic E-state index is -0.925. The predicted molar refractivity (Wildman–Crippen MR) is 97.1 cm³/mol. The number of esters is 1. The van der Waals surface area contributed by atoms with Gasteiger partial charge in [0.2, 0.25) is 0 Å². The molecule has 0 saturated carbocycles. The number of hydrogen-bond donors (Lipinski definition) is 1. The summed E-state index contributed by atoms with van der Waals surface area (Å²) in [6.07, 6.45) is 2.18. The number of anilines is 1. The first kappa shape index (κ1) is 21.0. The van der Waals surface area contributed by atoms with Gasteiger partial charge in [-0.2, -0.15) is 0 Å². The molecule has 0 bridgehead atoms. The summed E-state index contributed by atoms with van der Waals surface area (Å²) in [7, 11) is 2.82. The quantitative estimate of drug-likeness (QED) is 0.685. The molecule has 0 aromatic heterocycles. The van der Waals surface area contributed by atoms with Crippen LogP contribution in [0.5, 0.6) is 5.75 Å². The van der Waals surface area contributed by atoms with E-state index < -0.39 is 11.6 Å². The normalized spacial score (nSPS) is 14.3. The minimum Gasteiger partial charge on any atom is -0.490 e. The highest BCUT2D eigenvalue weighted by atomic mass is 16.5. The monoisotopic (exact) mass is 351 g/mol. The highest BCUT2D eigenvalue weighted by Crippen LogP contribution is 2.27. The van der Waals surface area contributed by atoms with Gasteiger partial charge in [-0.3, -0.25) is 4.79 Å². The van der Waals surface area contributed by atoms with Gasteiger partial charge in [-0.15, -0.1) is 0 Å². The molecule has 1 aromatic rings. The number of methoxy groups -OCH3 is 2. The fourth-order valence-electron chi connectivity index (χ4n) is 2.33. The summed E-state index contributed by atoms with van der Waals surface area (Å²) in [6, 6.07) is 4.92. The molecule has 1 amide bonds. The van der Waals surface area contributed by atoms with Gasteiger partial charge in [0.25, 0.3) is 5.91 Å². The van der Waals surface area contributed by atoms with Crippen LogP contribution >= 0.6 is 0 Å². The van der Waals surface area contributed by atoms with Gasteiger partial charge in [-0.1, -0.05) is 20.3 Å². The predicted octanol–water partition coefficient (Wildman–Crippen LogP) is 3.79. The highest BCUT2D eigenvalue weighted by molar-refractivity contribution is 5.99. The second kappa shape index (κ2) is 9.42. The van der Waals surface area contributed by atoms with Crippen molar-refractivity contribution in [1.82, 2.24) is 0 Å². The van der Waals surface area contributed by atoms with E-state index in [0.717, 1.165) is 12.8 Å². The molecular formula is C19H29NO5. The van der Waals surface area contributed by atoms with Crippen molar-refractivity contribution in [2.75, 3.05) is 19.5 Å². The number of rotatable bonds is 9. The van der Waals surface area contributed by atoms with Gasteiger partial charge in [0, 0.05) is 12.8 Å². The van der Waals surface area contributed by atoms with Crippen LogP contribution in [0.2, 0.25) is 0 Å². The molecule has 0 saturated heterocycles. The molecule has 0 aliphatic rings. The Morgan fingerprint density at radius 2 is 1.92 bits per heavy atom. The Labute approximate surface area is 149 Å². The van der Waals surface area contributed by atoms with Gasteiger partial charge >= 0.3 is 5.97 Å². The maximum Gasteiger partial charge on any atom is 0.341 e. The summed E-state index contributed by atoms with van der Waals surface area (Å²) in [5.41, 5.74) is -0.164. The SMILES string of the molecule is CCC[C@@](C)(OC)C(=O)Nc1ccc(O[C@@H](C)CC)c(C(=O)OC)c1. The number of benzene rings is 1. The molecular weight excluding hydrogens is 322 g/mol. The van der Waals surface area contributed by atoms with Crippen LogP contribution < -0.4 is 10.1 Å². The zero-order valence-corrected chi connectivity index (χ0v) is 16.0. The summed E-state index contributed by atoms with van der Waals surface area (Å²) in [5, 5.41) is 2.80. The van der Waals surface area contributed by atoms with Crippen LogP contribution in [0, 0.1) is 0 Å². The van der Waals surface area contributed by atoms with E-state index in [4.69, 9.17) is 14.2 Å². The zero-order chi connectivity index (χ0) is 19.0. The molecule has 1 N–H and O–H groups in total. The van der Waals surface area contributed by atoms with Crippen LogP contribution in [-0.4, -0.2) is 37.8 Å². The maximum absolute atomic E-state index is 12.5. The molecule has 0 aliphatic carbocycles. The van der Waals surface area contributed by atoms with Crippen molar-refractivity contribution >= 4 is 17.6 Å². The van der Waals surface area contributed by atoms with Crippen LogP contribution in [0.25, 0.3) is 0 Å². The topological polar surface area (TPSA) is 73.9 Å². The summed E-state index contributed by atoms with van der Waals surface area (Å²) in [5.74, 6) is -0.344. The summed E-state index contributed by atoms with van der Waals surface area (Å²) >= 11 is 0. The third-order valence-corrected chi connectivity index (χ3v) is 4.20. The fourth-order valence-corrected chi connectivity index (χ4v) is 2.33. The van der Waals surface area contributed by atoms with Gasteiger partial charge in [0.1, 0.15) is 16.9 Å². The number of hydrogen-bond acceptors (Lipinski definition) is 5. The molecule has 0 aliphatic heterocycles. The van der Waals surface area contributed by atoms with E-state index in [9.17, 15) is 9.59 Å². The summed E-state index contributed by atoms with van der Waals surface area (Å²) in [4.78, 5) is 24.6. The molecule has 0 spiro atoms. The van der Waals surface area contributed by atoms with E-state index in [1.807, 2.05) is 20.8 Å². The average molecular weight is 351 g/mol. The fraction of sp³-hybridized carbons (Fsp3) is 0.579. The van der Waals surface area contributed by atoms with Crippen molar-refractivity contribution in [3.63, 3.8) is 0 Å². The molecule has 1 rings (SSSR count). The zero-order valence-electron chi connectivity index (χ0n) is 16.0. The van der Waals surface area contributed by atoms with Gasteiger partial charge < -0.3 is 19.5 Å². The Morgan fingerprint density at radius 1 is 1.24 bits per heavy atom. The highest BCUT2D eigenvalue weighted by Gasteiger charge is 2.32. The summed E-state index contributed by atoms with van der Waals surface area (Å²) in [6.45, 7) is 7.65. The third-order valence-electron chi connectivity index (χ3n) is 4.20. The number of nitrogens with one attached hydrogen (secondary N) is 1. The first-order chi connectivity index (χ1) is 11.8. The van der Waals surface area contributed by atoms with Crippen molar-refractivity contribution in [2.24, 2.45) is 0 Å². The molecule has 0 radical (unpaired) electrons. The molecule has 0 unspecified atom stereocenters. The Kier molecular flexibility index (Phi) is 7.90. The van der Waals surface area contributed by atoms with E-state index >= 15 is 0 Å². The second-order valence-electron chi connectivity index (χ2n) is 6.18. The van der Waals surface area contributed by atoms with E-state index in [0.29, 0.717) is 17.9 Å². The minimum absolute atomic E-state index is 0.0369. The number of carbonyl (C=O) groups is 2. The van der Waals surface area contributed by atoms with Gasteiger partial charge in [0.05, 0.1) is 13.2 Å². The van der Waals surface area contributed by atoms with Crippen molar-refractivity contribution < 1.29 is 23.8 Å². The van der Waals surface area contributed by atoms with E-state index in [1.165, 1.54) is 14.2 Å². The van der Waals surface area contributed by atoms with Gasteiger partial charge in [-0.25, -0.2) is 4.79 Å². The smallest absolute Gasteiger partial charge is 0.341 e. The number of carbonyl (C=O) groups excluding carboxylic acids is 2. The van der Waals surface area contributed by atoms with Crippen LogP contribution in [0.1, 0.15) is 57.3 Å². The molecule has 0 fully saturated rings. The lowest BCUT2D eigenvalue weighted by atomic mass is 9.99. The number of ether oxygens (including phenoxy) is 3. The van der Waals surface area contributed by atoms with Crippen LogP contribution in [0.4, 0.5) is 5.69 Å². The lowest BCUT2D eigenvalue weighted by Crippen LogP contribution is -2.41. The molecule has 6 nitrogen and oxygen atoms in total. The largest absolute Gasteiger partial charge is 0.490 e. The Bertz CT molecular complexity index is 601. The van der Waals surface area contributed by atoms with Gasteiger partial charge in [0.15, 0.2) is 0 Å². The molecule has 6 heteroatoms.